The third-order valence-corrected chi connectivity index (χ3v) is 9.15. The highest BCUT2D eigenvalue weighted by molar-refractivity contribution is 5.94. The molecule has 1 aliphatic carbocycles. The SMILES string of the molecule is CC(C)(C)CNC(=O)CC(NC1(CNC(=O)c2cccnc2)COC1)C(=O)NC(CCc1ccccc1)C(=O)N[C@@H]1CCCc2ccccc21. The topological polar surface area (TPSA) is 151 Å². The van der Waals surface area contributed by atoms with Gasteiger partial charge in [0.25, 0.3) is 5.91 Å². The van der Waals surface area contributed by atoms with Crippen LogP contribution in [-0.4, -0.2) is 72.5 Å². The Balaban J connectivity index is 1.33. The fourth-order valence-corrected chi connectivity index (χ4v) is 6.31. The van der Waals surface area contributed by atoms with Gasteiger partial charge in [-0.25, -0.2) is 0 Å². The van der Waals surface area contributed by atoms with Gasteiger partial charge in [-0.2, -0.15) is 0 Å². The molecule has 2 aromatic carbocycles. The summed E-state index contributed by atoms with van der Waals surface area (Å²) < 4.78 is 5.55. The number of ether oxygens (including phenoxy) is 1. The summed E-state index contributed by atoms with van der Waals surface area (Å²) in [4.78, 5) is 58.3. The molecule has 266 valence electrons. The molecule has 5 N–H and O–H groups in total. The molecule has 4 amide bonds. The second-order valence-electron chi connectivity index (χ2n) is 14.7. The molecule has 5 rings (SSSR count). The zero-order valence-electron chi connectivity index (χ0n) is 29.3. The van der Waals surface area contributed by atoms with Crippen molar-refractivity contribution in [2.45, 2.75) is 83.0 Å². The normalized spacial score (nSPS) is 17.6. The molecule has 1 aliphatic heterocycles. The van der Waals surface area contributed by atoms with Crippen LogP contribution in [0.4, 0.5) is 0 Å². The highest BCUT2D eigenvalue weighted by Gasteiger charge is 2.43. The molecule has 2 aliphatic rings. The van der Waals surface area contributed by atoms with Gasteiger partial charge in [0.1, 0.15) is 6.04 Å². The summed E-state index contributed by atoms with van der Waals surface area (Å²) >= 11 is 0. The minimum atomic E-state index is -1.00. The van der Waals surface area contributed by atoms with Gasteiger partial charge in [-0.15, -0.1) is 0 Å². The van der Waals surface area contributed by atoms with Crippen molar-refractivity contribution in [1.82, 2.24) is 31.6 Å². The number of benzene rings is 2. The number of aromatic nitrogens is 1. The number of hydrogen-bond acceptors (Lipinski definition) is 7. The lowest BCUT2D eigenvalue weighted by Crippen LogP contribution is -2.70. The fourth-order valence-electron chi connectivity index (χ4n) is 6.31. The molecule has 1 saturated heterocycles. The Morgan fingerprint density at radius 1 is 0.920 bits per heavy atom. The molecule has 3 aromatic rings. The fraction of sp³-hybridized carbons (Fsp3) is 0.462. The van der Waals surface area contributed by atoms with E-state index in [-0.39, 0.29) is 55.4 Å². The molecule has 2 heterocycles. The lowest BCUT2D eigenvalue weighted by atomic mass is 9.87. The van der Waals surface area contributed by atoms with Gasteiger partial charge in [0, 0.05) is 25.5 Å². The van der Waals surface area contributed by atoms with E-state index < -0.39 is 23.5 Å². The van der Waals surface area contributed by atoms with Crippen LogP contribution >= 0.6 is 0 Å². The number of nitrogens with one attached hydrogen (secondary N) is 5. The smallest absolute Gasteiger partial charge is 0.252 e. The van der Waals surface area contributed by atoms with Crippen molar-refractivity contribution in [2.75, 3.05) is 26.3 Å². The zero-order valence-corrected chi connectivity index (χ0v) is 29.3. The van der Waals surface area contributed by atoms with Crippen LogP contribution in [0.5, 0.6) is 0 Å². The zero-order chi connectivity index (χ0) is 35.6. The number of fused-ring (bicyclic) bond motifs is 1. The number of nitrogens with zero attached hydrogens (tertiary/aromatic N) is 1. The maximum Gasteiger partial charge on any atom is 0.252 e. The van der Waals surface area contributed by atoms with Gasteiger partial charge in [0.2, 0.25) is 17.7 Å². The number of rotatable bonds is 15. The van der Waals surface area contributed by atoms with E-state index in [0.717, 1.165) is 30.4 Å². The molecule has 2 unspecified atom stereocenters. The number of carbonyl (C=O) groups is 4. The number of pyridine rings is 1. The molecule has 0 saturated carbocycles. The first kappa shape index (κ1) is 36.7. The van der Waals surface area contributed by atoms with E-state index in [2.05, 4.69) is 43.7 Å². The molecule has 50 heavy (non-hydrogen) atoms. The van der Waals surface area contributed by atoms with Crippen LogP contribution in [-0.2, 0) is 32.0 Å². The maximum atomic E-state index is 14.2. The Bertz CT molecular complexity index is 1610. The van der Waals surface area contributed by atoms with E-state index in [4.69, 9.17) is 4.74 Å². The number of amides is 4. The largest absolute Gasteiger partial charge is 0.377 e. The van der Waals surface area contributed by atoms with E-state index in [0.29, 0.717) is 24.9 Å². The van der Waals surface area contributed by atoms with Crippen molar-refractivity contribution in [3.05, 3.63) is 101 Å². The van der Waals surface area contributed by atoms with Gasteiger partial charge in [-0.3, -0.25) is 29.5 Å². The molecule has 3 atom stereocenters. The highest BCUT2D eigenvalue weighted by Crippen LogP contribution is 2.29. The second-order valence-corrected chi connectivity index (χ2v) is 14.7. The van der Waals surface area contributed by atoms with Gasteiger partial charge in [-0.1, -0.05) is 75.4 Å². The Hall–Kier alpha value is -4.61. The van der Waals surface area contributed by atoms with Gasteiger partial charge in [0.15, 0.2) is 0 Å². The molecule has 1 fully saturated rings. The van der Waals surface area contributed by atoms with Crippen LogP contribution in [0.1, 0.15) is 79.5 Å². The Morgan fingerprint density at radius 3 is 2.38 bits per heavy atom. The van der Waals surface area contributed by atoms with E-state index in [9.17, 15) is 19.2 Å². The van der Waals surface area contributed by atoms with Gasteiger partial charge < -0.3 is 26.0 Å². The average Bonchev–Trinajstić information content (AvgIpc) is 3.10. The summed E-state index contributed by atoms with van der Waals surface area (Å²) in [6.07, 6.45) is 6.59. The van der Waals surface area contributed by atoms with Crippen molar-refractivity contribution in [3.8, 4) is 0 Å². The number of aryl methyl sites for hydroxylation is 2. The lowest BCUT2D eigenvalue weighted by Gasteiger charge is -2.44. The Kier molecular flexibility index (Phi) is 12.4. The summed E-state index contributed by atoms with van der Waals surface area (Å²) in [7, 11) is 0. The molecule has 11 heteroatoms. The van der Waals surface area contributed by atoms with Crippen molar-refractivity contribution in [2.24, 2.45) is 5.41 Å². The first-order chi connectivity index (χ1) is 24.0. The molecule has 0 bridgehead atoms. The summed E-state index contributed by atoms with van der Waals surface area (Å²) in [5.41, 5.74) is 2.84. The average molecular weight is 683 g/mol. The predicted octanol–water partition coefficient (Wildman–Crippen LogP) is 3.40. The van der Waals surface area contributed by atoms with Gasteiger partial charge in [0.05, 0.1) is 42.8 Å². The van der Waals surface area contributed by atoms with E-state index >= 15 is 0 Å². The van der Waals surface area contributed by atoms with Crippen molar-refractivity contribution in [3.63, 3.8) is 0 Å². The predicted molar refractivity (Wildman–Crippen MR) is 191 cm³/mol. The third-order valence-electron chi connectivity index (χ3n) is 9.15. The van der Waals surface area contributed by atoms with Gasteiger partial charge >= 0.3 is 0 Å². The maximum absolute atomic E-state index is 14.2. The van der Waals surface area contributed by atoms with Crippen molar-refractivity contribution in [1.29, 1.82) is 0 Å². The van der Waals surface area contributed by atoms with Crippen LogP contribution in [0, 0.1) is 5.41 Å². The molecular weight excluding hydrogens is 632 g/mol. The first-order valence-electron chi connectivity index (χ1n) is 17.5. The Labute approximate surface area is 294 Å². The first-order valence-corrected chi connectivity index (χ1v) is 17.5. The van der Waals surface area contributed by atoms with Crippen LogP contribution in [0.3, 0.4) is 0 Å². The van der Waals surface area contributed by atoms with Gasteiger partial charge in [-0.05, 0) is 66.3 Å². The summed E-state index contributed by atoms with van der Waals surface area (Å²) in [5.74, 6) is -1.35. The van der Waals surface area contributed by atoms with E-state index in [1.54, 1.807) is 18.3 Å². The van der Waals surface area contributed by atoms with Crippen LogP contribution in [0.15, 0.2) is 79.1 Å². The molecular formula is C39H50N6O5. The van der Waals surface area contributed by atoms with Crippen molar-refractivity contribution < 1.29 is 23.9 Å². The van der Waals surface area contributed by atoms with E-state index in [1.165, 1.54) is 11.8 Å². The minimum Gasteiger partial charge on any atom is -0.377 e. The monoisotopic (exact) mass is 682 g/mol. The third kappa shape index (κ3) is 10.4. The van der Waals surface area contributed by atoms with Crippen molar-refractivity contribution >= 4 is 23.6 Å². The molecule has 0 radical (unpaired) electrons. The minimum absolute atomic E-state index is 0.153. The quantitative estimate of drug-likeness (QED) is 0.165. The number of hydrogen-bond donors (Lipinski definition) is 5. The molecule has 0 spiro atoms. The second kappa shape index (κ2) is 16.9. The molecule has 1 aromatic heterocycles. The van der Waals surface area contributed by atoms with Crippen LogP contribution in [0.25, 0.3) is 0 Å². The summed E-state index contributed by atoms with van der Waals surface area (Å²) in [6.45, 7) is 7.10. The highest BCUT2D eigenvalue weighted by atomic mass is 16.5. The van der Waals surface area contributed by atoms with Crippen LogP contribution in [0.2, 0.25) is 0 Å². The van der Waals surface area contributed by atoms with E-state index in [1.807, 2.05) is 63.2 Å². The lowest BCUT2D eigenvalue weighted by molar-refractivity contribution is -0.135. The van der Waals surface area contributed by atoms with Crippen LogP contribution < -0.4 is 26.6 Å². The summed E-state index contributed by atoms with van der Waals surface area (Å²) in [6, 6.07) is 19.3. The standard InChI is InChI=1S/C39H50N6O5/c1-38(2,3)23-41-34(46)21-33(45-39(25-50-26-39)24-42-35(47)29-15-10-20-40-22-29)37(49)44-32(19-18-27-11-5-4-6-12-27)36(48)43-31-17-9-14-28-13-7-8-16-30(28)31/h4-8,10-13,15-16,20,22,31-33,45H,9,14,17-19,21,23-26H2,1-3H3,(H,41,46)(H,42,47)(H,43,48)(H,44,49)/t31-,32?,33?/m1/s1. The summed E-state index contributed by atoms with van der Waals surface area (Å²) in [5, 5.41) is 15.4. The Morgan fingerprint density at radius 2 is 1.68 bits per heavy atom. The number of carbonyl (C=O) groups excluding carboxylic acids is 4. The molecule has 11 nitrogen and oxygen atoms in total.